The minimum Gasteiger partial charge on any atom is -0.497 e. The van der Waals surface area contributed by atoms with Crippen LogP contribution in [0.4, 0.5) is 5.69 Å². The van der Waals surface area contributed by atoms with E-state index < -0.39 is 0 Å². The normalized spacial score (nSPS) is 15.5. The largest absolute Gasteiger partial charge is 0.497 e. The van der Waals surface area contributed by atoms with Crippen LogP contribution in [-0.4, -0.2) is 31.6 Å². The zero-order valence-electron chi connectivity index (χ0n) is 14.5. The smallest absolute Gasteiger partial charge is 0.270 e. The Labute approximate surface area is 161 Å². The molecule has 0 aromatic heterocycles. The number of thioether (sulfide) groups is 1. The molecule has 1 heterocycles. The van der Waals surface area contributed by atoms with Gasteiger partial charge in [0.2, 0.25) is 0 Å². The Hall–Kier alpha value is -2.51. The first kappa shape index (κ1) is 18.3. The standard InChI is InChI=1S/C19H17NO4S2/c1-22-14-6-4-5-13(11-14)20-18(21)17(26-19(20)25)10-12-9-15(23-2)7-8-16(12)24-3/h4-11H,1-3H3. The van der Waals surface area contributed by atoms with Crippen LogP contribution >= 0.6 is 24.0 Å². The van der Waals surface area contributed by atoms with Gasteiger partial charge in [-0.2, -0.15) is 0 Å². The summed E-state index contributed by atoms with van der Waals surface area (Å²) in [6, 6.07) is 12.7. The van der Waals surface area contributed by atoms with Crippen LogP contribution in [0.2, 0.25) is 0 Å². The summed E-state index contributed by atoms with van der Waals surface area (Å²) in [6.07, 6.45) is 1.76. The number of methoxy groups -OCH3 is 3. The van der Waals surface area contributed by atoms with E-state index in [2.05, 4.69) is 0 Å². The topological polar surface area (TPSA) is 48.0 Å². The van der Waals surface area contributed by atoms with Crippen LogP contribution in [0.15, 0.2) is 47.4 Å². The molecule has 134 valence electrons. The van der Waals surface area contributed by atoms with Gasteiger partial charge in [0.1, 0.15) is 17.2 Å². The van der Waals surface area contributed by atoms with E-state index in [4.69, 9.17) is 26.4 Å². The molecule has 2 aromatic carbocycles. The summed E-state index contributed by atoms with van der Waals surface area (Å²) in [6.45, 7) is 0. The number of carbonyl (C=O) groups is 1. The number of ether oxygens (including phenoxy) is 3. The van der Waals surface area contributed by atoms with E-state index >= 15 is 0 Å². The van der Waals surface area contributed by atoms with Crippen molar-refractivity contribution in [2.45, 2.75) is 0 Å². The second-order valence-corrected chi connectivity index (χ2v) is 7.00. The first-order valence-corrected chi connectivity index (χ1v) is 8.94. The number of hydrogen-bond donors (Lipinski definition) is 0. The molecule has 1 saturated heterocycles. The fraction of sp³-hybridized carbons (Fsp3) is 0.158. The molecule has 1 aliphatic heterocycles. The van der Waals surface area contributed by atoms with Crippen LogP contribution < -0.4 is 19.1 Å². The van der Waals surface area contributed by atoms with Crippen molar-refractivity contribution in [1.29, 1.82) is 0 Å². The Balaban J connectivity index is 1.97. The monoisotopic (exact) mass is 387 g/mol. The molecular formula is C19H17NO4S2. The van der Waals surface area contributed by atoms with Gasteiger partial charge in [0.25, 0.3) is 5.91 Å². The predicted molar refractivity (Wildman–Crippen MR) is 108 cm³/mol. The van der Waals surface area contributed by atoms with E-state index in [9.17, 15) is 4.79 Å². The third kappa shape index (κ3) is 3.54. The molecule has 0 saturated carbocycles. The number of carbonyl (C=O) groups excluding carboxylic acids is 1. The van der Waals surface area contributed by atoms with Crippen LogP contribution in [0.3, 0.4) is 0 Å². The molecule has 1 amide bonds. The molecule has 1 aliphatic rings. The second kappa shape index (κ2) is 7.80. The second-order valence-electron chi connectivity index (χ2n) is 5.33. The lowest BCUT2D eigenvalue weighted by Crippen LogP contribution is -2.27. The average molecular weight is 387 g/mol. The van der Waals surface area contributed by atoms with E-state index in [0.717, 1.165) is 5.56 Å². The maximum atomic E-state index is 12.9. The summed E-state index contributed by atoms with van der Waals surface area (Å²) in [5.41, 5.74) is 1.42. The first-order chi connectivity index (χ1) is 12.6. The van der Waals surface area contributed by atoms with Crippen LogP contribution in [0.5, 0.6) is 17.2 Å². The Kier molecular flexibility index (Phi) is 5.49. The molecule has 0 N–H and O–H groups in total. The van der Waals surface area contributed by atoms with Crippen LogP contribution in [0, 0.1) is 0 Å². The van der Waals surface area contributed by atoms with Gasteiger partial charge in [0.15, 0.2) is 4.32 Å². The van der Waals surface area contributed by atoms with Gasteiger partial charge < -0.3 is 14.2 Å². The first-order valence-electron chi connectivity index (χ1n) is 7.71. The SMILES string of the molecule is COc1cccc(N2C(=O)C(=Cc3cc(OC)ccc3OC)SC2=S)c1. The highest BCUT2D eigenvalue weighted by Gasteiger charge is 2.33. The number of amides is 1. The lowest BCUT2D eigenvalue weighted by atomic mass is 10.1. The average Bonchev–Trinajstić information content (AvgIpc) is 2.95. The van der Waals surface area contributed by atoms with Crippen LogP contribution in [0.1, 0.15) is 5.56 Å². The highest BCUT2D eigenvalue weighted by atomic mass is 32.2. The van der Waals surface area contributed by atoms with Gasteiger partial charge in [-0.05, 0) is 36.4 Å². The van der Waals surface area contributed by atoms with Crippen molar-refractivity contribution >= 4 is 46.0 Å². The van der Waals surface area contributed by atoms with Crippen molar-refractivity contribution in [2.75, 3.05) is 26.2 Å². The Bertz CT molecular complexity index is 895. The van der Waals surface area contributed by atoms with Gasteiger partial charge in [0, 0.05) is 11.6 Å². The van der Waals surface area contributed by atoms with Gasteiger partial charge in [-0.3, -0.25) is 9.69 Å². The lowest BCUT2D eigenvalue weighted by Gasteiger charge is -2.15. The van der Waals surface area contributed by atoms with Crippen LogP contribution in [-0.2, 0) is 4.79 Å². The van der Waals surface area contributed by atoms with Gasteiger partial charge in [-0.1, -0.05) is 30.0 Å². The van der Waals surface area contributed by atoms with Crippen molar-refractivity contribution in [3.05, 3.63) is 52.9 Å². The summed E-state index contributed by atoms with van der Waals surface area (Å²) >= 11 is 6.66. The molecule has 26 heavy (non-hydrogen) atoms. The molecule has 1 fully saturated rings. The maximum absolute atomic E-state index is 12.9. The molecule has 0 spiro atoms. The molecule has 3 rings (SSSR count). The van der Waals surface area contributed by atoms with Gasteiger partial charge in [0.05, 0.1) is 31.9 Å². The van der Waals surface area contributed by atoms with E-state index in [1.54, 1.807) is 45.6 Å². The summed E-state index contributed by atoms with van der Waals surface area (Å²) in [7, 11) is 4.76. The van der Waals surface area contributed by atoms with E-state index in [0.29, 0.717) is 32.2 Å². The Morgan fingerprint density at radius 1 is 1.00 bits per heavy atom. The third-order valence-corrected chi connectivity index (χ3v) is 5.13. The zero-order valence-corrected chi connectivity index (χ0v) is 16.1. The number of thiocarbonyl (C=S) groups is 1. The zero-order chi connectivity index (χ0) is 18.7. The van der Waals surface area contributed by atoms with E-state index in [1.165, 1.54) is 16.7 Å². The molecule has 0 atom stereocenters. The summed E-state index contributed by atoms with van der Waals surface area (Å²) in [5.74, 6) is 1.81. The molecule has 0 unspecified atom stereocenters. The maximum Gasteiger partial charge on any atom is 0.270 e. The molecule has 2 aromatic rings. The minimum atomic E-state index is -0.182. The Morgan fingerprint density at radius 2 is 1.73 bits per heavy atom. The number of anilines is 1. The quantitative estimate of drug-likeness (QED) is 0.568. The van der Waals surface area contributed by atoms with E-state index in [-0.39, 0.29) is 5.91 Å². The molecule has 0 radical (unpaired) electrons. The summed E-state index contributed by atoms with van der Waals surface area (Å²) in [5, 5.41) is 0. The predicted octanol–water partition coefficient (Wildman–Crippen LogP) is 4.12. The Morgan fingerprint density at radius 3 is 2.42 bits per heavy atom. The fourth-order valence-corrected chi connectivity index (χ4v) is 3.82. The number of rotatable bonds is 5. The fourth-order valence-electron chi connectivity index (χ4n) is 2.53. The molecular weight excluding hydrogens is 370 g/mol. The van der Waals surface area contributed by atoms with Crippen LogP contribution in [0.25, 0.3) is 6.08 Å². The van der Waals surface area contributed by atoms with E-state index in [1.807, 2.05) is 24.3 Å². The number of nitrogens with zero attached hydrogens (tertiary/aromatic N) is 1. The highest BCUT2D eigenvalue weighted by Crippen LogP contribution is 2.38. The van der Waals surface area contributed by atoms with Crippen molar-refractivity contribution in [1.82, 2.24) is 0 Å². The van der Waals surface area contributed by atoms with Crippen molar-refractivity contribution < 1.29 is 19.0 Å². The number of hydrogen-bond acceptors (Lipinski definition) is 6. The summed E-state index contributed by atoms with van der Waals surface area (Å²) in [4.78, 5) is 14.9. The lowest BCUT2D eigenvalue weighted by molar-refractivity contribution is -0.113. The van der Waals surface area contributed by atoms with Gasteiger partial charge in [-0.15, -0.1) is 0 Å². The molecule has 5 nitrogen and oxygen atoms in total. The number of benzene rings is 2. The highest BCUT2D eigenvalue weighted by molar-refractivity contribution is 8.27. The molecule has 7 heteroatoms. The van der Waals surface area contributed by atoms with Gasteiger partial charge in [-0.25, -0.2) is 0 Å². The minimum absolute atomic E-state index is 0.182. The van der Waals surface area contributed by atoms with Gasteiger partial charge >= 0.3 is 0 Å². The molecule has 0 aliphatic carbocycles. The van der Waals surface area contributed by atoms with Crippen molar-refractivity contribution in [3.63, 3.8) is 0 Å². The molecule has 0 bridgehead atoms. The van der Waals surface area contributed by atoms with Crippen molar-refractivity contribution in [3.8, 4) is 17.2 Å². The van der Waals surface area contributed by atoms with Crippen molar-refractivity contribution in [2.24, 2.45) is 0 Å². The third-order valence-electron chi connectivity index (χ3n) is 3.83. The summed E-state index contributed by atoms with van der Waals surface area (Å²) < 4.78 is 16.3.